The number of nitrogens with zero attached hydrogens (tertiary/aromatic N) is 2. The monoisotopic (exact) mass is 388 g/mol. The van der Waals surface area contributed by atoms with Crippen LogP contribution in [0.25, 0.3) is 5.57 Å². The second kappa shape index (κ2) is 7.15. The summed E-state index contributed by atoms with van der Waals surface area (Å²) < 4.78 is 49.3. The fraction of sp³-hybridized carbons (Fsp3) is 0.150. The summed E-state index contributed by atoms with van der Waals surface area (Å²) >= 11 is 1.53. The molecule has 0 fully saturated rings. The smallest absolute Gasteiger partial charge is 0.419 e. The lowest BCUT2D eigenvalue weighted by Gasteiger charge is -2.29. The van der Waals surface area contributed by atoms with Crippen molar-refractivity contribution < 1.29 is 17.9 Å². The molecule has 0 atom stereocenters. The van der Waals surface area contributed by atoms with Crippen LogP contribution < -0.4 is 4.74 Å². The summed E-state index contributed by atoms with van der Waals surface area (Å²) in [4.78, 5) is 2.09. The summed E-state index contributed by atoms with van der Waals surface area (Å²) in [7, 11) is 0. The molecule has 0 spiro atoms. The van der Waals surface area contributed by atoms with Gasteiger partial charge in [-0.05, 0) is 53.9 Å². The summed E-state index contributed by atoms with van der Waals surface area (Å²) in [5.41, 5.74) is 1.12. The van der Waals surface area contributed by atoms with Gasteiger partial charge in [0.15, 0.2) is 0 Å². The molecule has 138 valence electrons. The first-order chi connectivity index (χ1) is 13.0. The van der Waals surface area contributed by atoms with Crippen molar-refractivity contribution in [2.24, 2.45) is 4.40 Å². The second-order valence-corrected chi connectivity index (χ2v) is 6.83. The van der Waals surface area contributed by atoms with E-state index < -0.39 is 11.7 Å². The minimum absolute atomic E-state index is 0.211. The molecule has 2 aliphatic heterocycles. The maximum Gasteiger partial charge on any atom is 0.419 e. The Morgan fingerprint density at radius 2 is 1.81 bits per heavy atom. The zero-order valence-electron chi connectivity index (χ0n) is 14.1. The Balaban J connectivity index is 1.58. The number of amidine groups is 1. The molecule has 3 nitrogen and oxygen atoms in total. The van der Waals surface area contributed by atoms with E-state index in [1.165, 1.54) is 30.1 Å². The highest BCUT2D eigenvalue weighted by atomic mass is 32.2. The minimum atomic E-state index is -4.46. The lowest BCUT2D eigenvalue weighted by Crippen LogP contribution is -2.32. The molecule has 7 heteroatoms. The molecule has 0 aromatic heterocycles. The van der Waals surface area contributed by atoms with Crippen molar-refractivity contribution in [2.75, 3.05) is 12.3 Å². The van der Waals surface area contributed by atoms with Gasteiger partial charge in [0.1, 0.15) is 17.3 Å². The number of alkyl halides is 3. The molecular weight excluding hydrogens is 373 g/mol. The molecule has 27 heavy (non-hydrogen) atoms. The van der Waals surface area contributed by atoms with E-state index in [0.717, 1.165) is 35.3 Å². The number of para-hydroxylation sites is 1. The fourth-order valence-corrected chi connectivity index (χ4v) is 3.61. The van der Waals surface area contributed by atoms with E-state index in [2.05, 4.69) is 9.30 Å². The van der Waals surface area contributed by atoms with Crippen LogP contribution in [0.15, 0.2) is 71.3 Å². The van der Waals surface area contributed by atoms with Gasteiger partial charge < -0.3 is 9.64 Å². The Kier molecular flexibility index (Phi) is 4.70. The quantitative estimate of drug-likeness (QED) is 0.624. The Labute approximate surface area is 159 Å². The predicted octanol–water partition coefficient (Wildman–Crippen LogP) is 5.77. The van der Waals surface area contributed by atoms with Gasteiger partial charge in [0.25, 0.3) is 0 Å². The van der Waals surface area contributed by atoms with Crippen molar-refractivity contribution in [3.63, 3.8) is 0 Å². The zero-order chi connectivity index (χ0) is 18.9. The molecule has 0 bridgehead atoms. The molecule has 0 N–H and O–H groups in total. The predicted molar refractivity (Wildman–Crippen MR) is 102 cm³/mol. The molecule has 0 saturated carbocycles. The lowest BCUT2D eigenvalue weighted by molar-refractivity contribution is -0.138. The molecule has 0 saturated heterocycles. The summed E-state index contributed by atoms with van der Waals surface area (Å²) in [5.74, 6) is 1.97. The Hall–Kier alpha value is -2.67. The third-order valence-corrected chi connectivity index (χ3v) is 4.87. The molecule has 0 unspecified atom stereocenters. The van der Waals surface area contributed by atoms with Gasteiger partial charge in [0.2, 0.25) is 0 Å². The largest absolute Gasteiger partial charge is 0.457 e. The highest BCUT2D eigenvalue weighted by Gasteiger charge is 2.34. The van der Waals surface area contributed by atoms with E-state index >= 15 is 0 Å². The first-order valence-electron chi connectivity index (χ1n) is 8.32. The molecule has 2 aliphatic rings. The molecule has 2 heterocycles. The highest BCUT2D eigenvalue weighted by Crippen LogP contribution is 2.38. The van der Waals surface area contributed by atoms with Crippen LogP contribution in [-0.2, 0) is 6.18 Å². The van der Waals surface area contributed by atoms with E-state index in [1.54, 1.807) is 12.1 Å². The molecule has 4 rings (SSSR count). The van der Waals surface area contributed by atoms with E-state index in [0.29, 0.717) is 5.75 Å². The standard InChI is InChI=1S/C20H15F3N2OS/c21-20(22,23)17-5-1-2-6-18(17)26-15-9-7-14(8-10-15)16-4-3-11-25-12-13-27-24-19(16)25/h1-11H,12-13H2. The normalized spacial score (nSPS) is 16.5. The maximum absolute atomic E-state index is 13.1. The van der Waals surface area contributed by atoms with E-state index in [-0.39, 0.29) is 5.75 Å². The SMILES string of the molecule is FC(F)(F)c1ccccc1Oc1ccc(C2=CC=CN3CCSN=C23)cc1. The highest BCUT2D eigenvalue weighted by molar-refractivity contribution is 7.98. The van der Waals surface area contributed by atoms with Crippen LogP contribution in [0.5, 0.6) is 11.5 Å². The van der Waals surface area contributed by atoms with Gasteiger partial charge in [0, 0.05) is 24.1 Å². The second-order valence-electron chi connectivity index (χ2n) is 5.98. The van der Waals surface area contributed by atoms with Gasteiger partial charge in [-0.1, -0.05) is 24.3 Å². The van der Waals surface area contributed by atoms with Gasteiger partial charge in [-0.25, -0.2) is 0 Å². The van der Waals surface area contributed by atoms with E-state index in [4.69, 9.17) is 4.74 Å². The van der Waals surface area contributed by atoms with Crippen molar-refractivity contribution in [3.05, 3.63) is 78.0 Å². The van der Waals surface area contributed by atoms with Crippen molar-refractivity contribution in [2.45, 2.75) is 6.18 Å². The van der Waals surface area contributed by atoms with E-state index in [1.807, 2.05) is 30.5 Å². The van der Waals surface area contributed by atoms with Crippen LogP contribution in [0, 0.1) is 0 Å². The Morgan fingerprint density at radius 1 is 1.04 bits per heavy atom. The molecule has 0 amide bonds. The van der Waals surface area contributed by atoms with Crippen molar-refractivity contribution in [1.82, 2.24) is 4.90 Å². The average molecular weight is 388 g/mol. The van der Waals surface area contributed by atoms with Crippen LogP contribution in [0.2, 0.25) is 0 Å². The average Bonchev–Trinajstić information content (AvgIpc) is 2.68. The van der Waals surface area contributed by atoms with Gasteiger partial charge in [-0.3, -0.25) is 0 Å². The van der Waals surface area contributed by atoms with E-state index in [9.17, 15) is 13.2 Å². The van der Waals surface area contributed by atoms with Crippen LogP contribution in [0.4, 0.5) is 13.2 Å². The number of allylic oxidation sites excluding steroid dienone is 2. The fourth-order valence-electron chi connectivity index (χ4n) is 2.92. The van der Waals surface area contributed by atoms with Crippen molar-refractivity contribution >= 4 is 23.4 Å². The third kappa shape index (κ3) is 3.73. The Morgan fingerprint density at radius 3 is 2.59 bits per heavy atom. The first-order valence-corrected chi connectivity index (χ1v) is 9.26. The minimum Gasteiger partial charge on any atom is -0.457 e. The number of ether oxygens (including phenoxy) is 1. The van der Waals surface area contributed by atoms with Crippen LogP contribution in [0.3, 0.4) is 0 Å². The maximum atomic E-state index is 13.1. The summed E-state index contributed by atoms with van der Waals surface area (Å²) in [6.07, 6.45) is 1.48. The molecule has 0 aliphatic carbocycles. The lowest BCUT2D eigenvalue weighted by atomic mass is 10.0. The number of hydrogen-bond acceptors (Lipinski definition) is 4. The summed E-state index contributed by atoms with van der Waals surface area (Å²) in [6.45, 7) is 0.896. The van der Waals surface area contributed by atoms with Gasteiger partial charge >= 0.3 is 6.18 Å². The van der Waals surface area contributed by atoms with Gasteiger partial charge in [-0.2, -0.15) is 17.6 Å². The molecule has 0 radical (unpaired) electrons. The van der Waals surface area contributed by atoms with Crippen molar-refractivity contribution in [3.8, 4) is 11.5 Å². The van der Waals surface area contributed by atoms with Crippen LogP contribution >= 0.6 is 11.9 Å². The molecule has 2 aromatic rings. The summed E-state index contributed by atoms with van der Waals surface area (Å²) in [6, 6.07) is 12.2. The number of benzene rings is 2. The summed E-state index contributed by atoms with van der Waals surface area (Å²) in [5, 5.41) is 0. The number of halogens is 3. The molecule has 2 aromatic carbocycles. The first kappa shape index (κ1) is 17.7. The Bertz CT molecular complexity index is 933. The zero-order valence-corrected chi connectivity index (χ0v) is 14.9. The molecular formula is C20H15F3N2OS. The third-order valence-electron chi connectivity index (χ3n) is 4.20. The number of rotatable bonds is 3. The number of fused-ring (bicyclic) bond motifs is 1. The number of hydrogen-bond donors (Lipinski definition) is 0. The topological polar surface area (TPSA) is 24.8 Å². The van der Waals surface area contributed by atoms with Gasteiger partial charge in [0.05, 0.1) is 5.56 Å². The van der Waals surface area contributed by atoms with Crippen molar-refractivity contribution in [1.29, 1.82) is 0 Å². The van der Waals surface area contributed by atoms with Crippen LogP contribution in [0.1, 0.15) is 11.1 Å². The van der Waals surface area contributed by atoms with Crippen LogP contribution in [-0.4, -0.2) is 23.0 Å². The van der Waals surface area contributed by atoms with Gasteiger partial charge in [-0.15, -0.1) is 0 Å².